The number of carbonyl (C=O) groups excluding carboxylic acids is 2. The van der Waals surface area contributed by atoms with Crippen molar-refractivity contribution in [3.05, 3.63) is 41.9 Å². The van der Waals surface area contributed by atoms with Crippen LogP contribution in [0.15, 0.2) is 46.9 Å². The van der Waals surface area contributed by atoms with E-state index in [0.29, 0.717) is 5.17 Å². The van der Waals surface area contributed by atoms with Crippen LogP contribution >= 0.6 is 11.8 Å². The largest absolute Gasteiger partial charge is 0.326 e. The molecule has 0 aliphatic carbocycles. The molecule has 1 aromatic carbocycles. The molecule has 0 aromatic heterocycles. The number of benzene rings is 1. The van der Waals surface area contributed by atoms with Crippen molar-refractivity contribution in [1.29, 1.82) is 0 Å². The van der Waals surface area contributed by atoms with Gasteiger partial charge < -0.3 is 10.2 Å². The predicted octanol–water partition coefficient (Wildman–Crippen LogP) is 1.80. The number of nitrogens with one attached hydrogen (secondary N) is 1. The molecule has 2 heterocycles. The van der Waals surface area contributed by atoms with Crippen LogP contribution in [0.4, 0.5) is 5.69 Å². The molecular formula is C13H11N3O2S. The van der Waals surface area contributed by atoms with Gasteiger partial charge in [0.05, 0.1) is 6.42 Å². The maximum atomic E-state index is 11.9. The molecule has 0 saturated carbocycles. The first kappa shape index (κ1) is 12.0. The van der Waals surface area contributed by atoms with Crippen molar-refractivity contribution in [2.75, 3.05) is 5.32 Å². The Bertz CT molecular complexity index is 583. The van der Waals surface area contributed by atoms with Gasteiger partial charge in [0.15, 0.2) is 5.17 Å². The minimum atomic E-state index is -0.509. The fourth-order valence-electron chi connectivity index (χ4n) is 1.99. The number of amides is 2. The lowest BCUT2D eigenvalue weighted by molar-refractivity contribution is -0.124. The Balaban J connectivity index is 1.64. The Morgan fingerprint density at radius 1 is 1.37 bits per heavy atom. The summed E-state index contributed by atoms with van der Waals surface area (Å²) in [5.41, 5.74) is 0.727. The molecule has 0 radical (unpaired) electrons. The Morgan fingerprint density at radius 2 is 2.16 bits per heavy atom. The zero-order valence-corrected chi connectivity index (χ0v) is 10.8. The smallest absolute Gasteiger partial charge is 0.271 e. The second kappa shape index (κ2) is 4.89. The fraction of sp³-hybridized carbons (Fsp3) is 0.154. The van der Waals surface area contributed by atoms with Crippen molar-refractivity contribution in [2.24, 2.45) is 4.99 Å². The van der Waals surface area contributed by atoms with Crippen molar-refractivity contribution in [2.45, 2.75) is 12.5 Å². The molecule has 1 aromatic rings. The van der Waals surface area contributed by atoms with Crippen molar-refractivity contribution >= 4 is 34.4 Å². The van der Waals surface area contributed by atoms with Crippen molar-refractivity contribution in [3.63, 3.8) is 0 Å². The molecule has 96 valence electrons. The van der Waals surface area contributed by atoms with Gasteiger partial charge in [-0.25, -0.2) is 0 Å². The molecule has 0 saturated heterocycles. The van der Waals surface area contributed by atoms with Gasteiger partial charge in [-0.05, 0) is 17.5 Å². The first-order chi connectivity index (χ1) is 9.24. The molecule has 1 unspecified atom stereocenters. The number of nitrogens with zero attached hydrogens (tertiary/aromatic N) is 2. The van der Waals surface area contributed by atoms with Crippen LogP contribution in [-0.4, -0.2) is 27.9 Å². The number of anilines is 1. The van der Waals surface area contributed by atoms with Gasteiger partial charge in [0.2, 0.25) is 5.91 Å². The van der Waals surface area contributed by atoms with Crippen LogP contribution < -0.4 is 5.32 Å². The predicted molar refractivity (Wildman–Crippen MR) is 74.5 cm³/mol. The maximum Gasteiger partial charge on any atom is 0.271 e. The summed E-state index contributed by atoms with van der Waals surface area (Å²) in [5.74, 6) is -0.443. The lowest BCUT2D eigenvalue weighted by Gasteiger charge is -2.17. The summed E-state index contributed by atoms with van der Waals surface area (Å²) in [6, 6.07) is 8.67. The normalized spacial score (nSPS) is 20.4. The highest BCUT2D eigenvalue weighted by molar-refractivity contribution is 8.16. The Morgan fingerprint density at radius 3 is 2.95 bits per heavy atom. The number of carbonyl (C=O) groups is 2. The fourth-order valence-corrected chi connectivity index (χ4v) is 2.75. The van der Waals surface area contributed by atoms with Gasteiger partial charge in [0.25, 0.3) is 5.91 Å². The second-order valence-electron chi connectivity index (χ2n) is 4.18. The highest BCUT2D eigenvalue weighted by Gasteiger charge is 2.37. The van der Waals surface area contributed by atoms with E-state index in [0.717, 1.165) is 5.69 Å². The van der Waals surface area contributed by atoms with Gasteiger partial charge in [-0.2, -0.15) is 4.99 Å². The van der Waals surface area contributed by atoms with Gasteiger partial charge in [-0.1, -0.05) is 30.0 Å². The molecule has 2 aliphatic heterocycles. The van der Waals surface area contributed by atoms with Gasteiger partial charge in [0, 0.05) is 11.9 Å². The van der Waals surface area contributed by atoms with Gasteiger partial charge in [-0.3, -0.25) is 9.59 Å². The van der Waals surface area contributed by atoms with Crippen LogP contribution in [0.1, 0.15) is 6.42 Å². The molecule has 5 nitrogen and oxygen atoms in total. The lowest BCUT2D eigenvalue weighted by Crippen LogP contribution is -2.35. The minimum absolute atomic E-state index is 0.103. The number of hydrogen-bond acceptors (Lipinski definition) is 4. The van der Waals surface area contributed by atoms with Gasteiger partial charge in [0.1, 0.15) is 6.04 Å². The third kappa shape index (κ3) is 2.39. The standard InChI is InChI=1S/C13H11N3O2S/c17-11(14-9-4-2-1-3-5-9)8-10-12(18)15-13-16(10)6-7-19-13/h1-7,10H,8H2,(H,14,17). The quantitative estimate of drug-likeness (QED) is 0.912. The van der Waals surface area contributed by atoms with E-state index in [4.69, 9.17) is 0 Å². The monoisotopic (exact) mass is 273 g/mol. The molecule has 1 atom stereocenters. The third-order valence-electron chi connectivity index (χ3n) is 2.88. The number of aliphatic imine (C=N–C) groups is 1. The van der Waals surface area contributed by atoms with Crippen LogP contribution in [0.2, 0.25) is 0 Å². The van der Waals surface area contributed by atoms with E-state index in [1.54, 1.807) is 11.1 Å². The molecule has 0 bridgehead atoms. The summed E-state index contributed by atoms with van der Waals surface area (Å²) in [4.78, 5) is 29.3. The first-order valence-corrected chi connectivity index (χ1v) is 6.71. The molecule has 1 N–H and O–H groups in total. The highest BCUT2D eigenvalue weighted by Crippen LogP contribution is 2.29. The summed E-state index contributed by atoms with van der Waals surface area (Å²) in [5, 5.41) is 5.28. The molecule has 3 rings (SSSR count). The summed E-state index contributed by atoms with van der Waals surface area (Å²) >= 11 is 1.39. The zero-order valence-electron chi connectivity index (χ0n) is 9.95. The molecule has 2 amide bonds. The van der Waals surface area contributed by atoms with Crippen LogP contribution in [-0.2, 0) is 9.59 Å². The van der Waals surface area contributed by atoms with E-state index in [-0.39, 0.29) is 18.2 Å². The van der Waals surface area contributed by atoms with E-state index in [2.05, 4.69) is 10.3 Å². The Hall–Kier alpha value is -2.08. The molecule has 2 aliphatic rings. The van der Waals surface area contributed by atoms with E-state index in [1.807, 2.05) is 35.7 Å². The third-order valence-corrected chi connectivity index (χ3v) is 3.65. The second-order valence-corrected chi connectivity index (χ2v) is 5.05. The minimum Gasteiger partial charge on any atom is -0.326 e. The van der Waals surface area contributed by atoms with Gasteiger partial charge in [-0.15, -0.1) is 0 Å². The Kier molecular flexibility index (Phi) is 3.08. The topological polar surface area (TPSA) is 61.8 Å². The van der Waals surface area contributed by atoms with E-state index in [9.17, 15) is 9.59 Å². The van der Waals surface area contributed by atoms with Crippen LogP contribution in [0, 0.1) is 0 Å². The van der Waals surface area contributed by atoms with Crippen molar-refractivity contribution < 1.29 is 9.59 Å². The summed E-state index contributed by atoms with van der Waals surface area (Å²) in [6.45, 7) is 0. The number of para-hydroxylation sites is 1. The Labute approximate surface area is 114 Å². The first-order valence-electron chi connectivity index (χ1n) is 5.83. The average Bonchev–Trinajstić information content (AvgIpc) is 2.94. The van der Waals surface area contributed by atoms with Crippen LogP contribution in [0.3, 0.4) is 0 Å². The number of fused-ring (bicyclic) bond motifs is 1. The molecule has 0 spiro atoms. The molecule has 6 heteroatoms. The van der Waals surface area contributed by atoms with Crippen molar-refractivity contribution in [1.82, 2.24) is 4.90 Å². The maximum absolute atomic E-state index is 11.9. The number of rotatable bonds is 3. The summed E-state index contributed by atoms with van der Waals surface area (Å²) in [7, 11) is 0. The molecular weight excluding hydrogens is 262 g/mol. The van der Waals surface area contributed by atoms with E-state index < -0.39 is 6.04 Å². The SMILES string of the molecule is O=C(CC1C(=O)N=C2SC=CN21)Nc1ccccc1. The summed E-state index contributed by atoms with van der Waals surface area (Å²) in [6.07, 6.45) is 1.89. The van der Waals surface area contributed by atoms with Crippen LogP contribution in [0.25, 0.3) is 0 Å². The highest BCUT2D eigenvalue weighted by atomic mass is 32.2. The van der Waals surface area contributed by atoms with E-state index >= 15 is 0 Å². The summed E-state index contributed by atoms with van der Waals surface area (Å²) < 4.78 is 0. The number of thioether (sulfide) groups is 1. The van der Waals surface area contributed by atoms with Crippen LogP contribution in [0.5, 0.6) is 0 Å². The van der Waals surface area contributed by atoms with Crippen molar-refractivity contribution in [3.8, 4) is 0 Å². The zero-order chi connectivity index (χ0) is 13.2. The number of hydrogen-bond donors (Lipinski definition) is 1. The van der Waals surface area contributed by atoms with Gasteiger partial charge >= 0.3 is 0 Å². The average molecular weight is 273 g/mol. The lowest BCUT2D eigenvalue weighted by atomic mass is 10.1. The van der Waals surface area contributed by atoms with E-state index in [1.165, 1.54) is 11.8 Å². The number of amidine groups is 1. The molecule has 19 heavy (non-hydrogen) atoms. The molecule has 0 fully saturated rings.